The number of para-hydroxylation sites is 2. The normalized spacial score (nSPS) is 13.8. The van der Waals surface area contributed by atoms with Crippen molar-refractivity contribution in [2.75, 3.05) is 24.2 Å². The van der Waals surface area contributed by atoms with Gasteiger partial charge in [-0.3, -0.25) is 9.59 Å². The van der Waals surface area contributed by atoms with E-state index in [-0.39, 0.29) is 24.1 Å². The Morgan fingerprint density at radius 2 is 1.79 bits per heavy atom. The lowest BCUT2D eigenvalue weighted by Gasteiger charge is -2.17. The molecule has 1 saturated heterocycles. The summed E-state index contributed by atoms with van der Waals surface area (Å²) in [5.41, 5.74) is 3.68. The number of nitrogens with zero attached hydrogens (tertiary/aromatic N) is 3. The highest BCUT2D eigenvalue weighted by atomic mass is 32.2. The van der Waals surface area contributed by atoms with E-state index < -0.39 is 0 Å². The lowest BCUT2D eigenvalue weighted by Crippen LogP contribution is -2.31. The summed E-state index contributed by atoms with van der Waals surface area (Å²) in [7, 11) is 0. The molecular formula is C22H24N4O2S. The highest BCUT2D eigenvalue weighted by Gasteiger charge is 2.21. The summed E-state index contributed by atoms with van der Waals surface area (Å²) in [5, 5.41) is 3.60. The lowest BCUT2D eigenvalue weighted by molar-refractivity contribution is -0.130. The molecule has 3 aromatic rings. The summed E-state index contributed by atoms with van der Waals surface area (Å²) in [6.45, 7) is 3.91. The summed E-state index contributed by atoms with van der Waals surface area (Å²) < 4.78 is 1.93. The van der Waals surface area contributed by atoms with Crippen molar-refractivity contribution in [1.29, 1.82) is 0 Å². The fraction of sp³-hybridized carbons (Fsp3) is 0.318. The van der Waals surface area contributed by atoms with E-state index in [0.29, 0.717) is 5.16 Å². The van der Waals surface area contributed by atoms with Crippen LogP contribution in [0.1, 0.15) is 18.4 Å². The number of benzene rings is 2. The van der Waals surface area contributed by atoms with Gasteiger partial charge in [-0.2, -0.15) is 0 Å². The van der Waals surface area contributed by atoms with E-state index in [9.17, 15) is 9.59 Å². The molecule has 150 valence electrons. The number of hydrogen-bond acceptors (Lipinski definition) is 4. The second-order valence-corrected chi connectivity index (χ2v) is 8.20. The predicted octanol–water partition coefficient (Wildman–Crippen LogP) is 3.70. The van der Waals surface area contributed by atoms with Gasteiger partial charge in [-0.1, -0.05) is 41.6 Å². The Labute approximate surface area is 174 Å². The molecule has 2 amide bonds. The van der Waals surface area contributed by atoms with E-state index in [1.165, 1.54) is 11.8 Å². The average Bonchev–Trinajstić information content (AvgIpc) is 3.37. The molecule has 1 aliphatic rings. The Bertz CT molecular complexity index is 1020. The van der Waals surface area contributed by atoms with E-state index in [2.05, 4.69) is 10.3 Å². The van der Waals surface area contributed by atoms with Gasteiger partial charge in [-0.05, 0) is 44.0 Å². The average molecular weight is 409 g/mol. The Morgan fingerprint density at radius 3 is 2.55 bits per heavy atom. The van der Waals surface area contributed by atoms with Gasteiger partial charge in [0.1, 0.15) is 6.54 Å². The number of hydrogen-bond donors (Lipinski definition) is 1. The van der Waals surface area contributed by atoms with Crippen LogP contribution in [0.5, 0.6) is 0 Å². The fourth-order valence-electron chi connectivity index (χ4n) is 3.48. The number of rotatable bonds is 6. The van der Waals surface area contributed by atoms with Crippen molar-refractivity contribution >= 4 is 40.3 Å². The maximum Gasteiger partial charge on any atom is 0.242 e. The molecule has 0 aliphatic carbocycles. The third kappa shape index (κ3) is 4.62. The number of fused-ring (bicyclic) bond motifs is 1. The number of amides is 2. The smallest absolute Gasteiger partial charge is 0.242 e. The highest BCUT2D eigenvalue weighted by molar-refractivity contribution is 7.99. The molecule has 0 spiro atoms. The number of aryl methyl sites for hydroxylation is 1. The number of imidazole rings is 1. The SMILES string of the molecule is Cc1ccc(NC(=O)CSc2nc3ccccc3n2CC(=O)N2CCCC2)cc1. The Hall–Kier alpha value is -2.80. The number of aromatic nitrogens is 2. The van der Waals surface area contributed by atoms with Gasteiger partial charge in [-0.25, -0.2) is 4.98 Å². The number of carbonyl (C=O) groups is 2. The number of anilines is 1. The van der Waals surface area contributed by atoms with Gasteiger partial charge in [0.2, 0.25) is 11.8 Å². The molecule has 1 aromatic heterocycles. The lowest BCUT2D eigenvalue weighted by atomic mass is 10.2. The van der Waals surface area contributed by atoms with Gasteiger partial charge in [0, 0.05) is 18.8 Å². The summed E-state index contributed by atoms with van der Waals surface area (Å²) in [6, 6.07) is 15.5. The van der Waals surface area contributed by atoms with Crippen LogP contribution in [0, 0.1) is 6.92 Å². The van der Waals surface area contributed by atoms with Crippen LogP contribution in [0.4, 0.5) is 5.69 Å². The minimum absolute atomic E-state index is 0.0941. The summed E-state index contributed by atoms with van der Waals surface area (Å²) in [5.74, 6) is 0.245. The summed E-state index contributed by atoms with van der Waals surface area (Å²) >= 11 is 1.36. The standard InChI is InChI=1S/C22H24N4O2S/c1-16-8-10-17(11-9-16)23-20(27)15-29-22-24-18-6-2-3-7-19(18)26(22)14-21(28)25-12-4-5-13-25/h2-3,6-11H,4-5,12-15H2,1H3,(H,23,27). The molecule has 0 saturated carbocycles. The highest BCUT2D eigenvalue weighted by Crippen LogP contribution is 2.25. The molecule has 2 heterocycles. The first-order valence-corrected chi connectivity index (χ1v) is 10.8. The van der Waals surface area contributed by atoms with Crippen LogP contribution in [-0.4, -0.2) is 45.1 Å². The van der Waals surface area contributed by atoms with Crippen LogP contribution in [0.25, 0.3) is 11.0 Å². The minimum atomic E-state index is -0.0941. The Morgan fingerprint density at radius 1 is 1.07 bits per heavy atom. The Kier molecular flexibility index (Phi) is 5.85. The van der Waals surface area contributed by atoms with Crippen LogP contribution < -0.4 is 5.32 Å². The predicted molar refractivity (Wildman–Crippen MR) is 116 cm³/mol. The van der Waals surface area contributed by atoms with E-state index in [4.69, 9.17) is 0 Å². The number of nitrogens with one attached hydrogen (secondary N) is 1. The van der Waals surface area contributed by atoms with Gasteiger partial charge in [0.25, 0.3) is 0 Å². The van der Waals surface area contributed by atoms with Crippen molar-refractivity contribution in [3.8, 4) is 0 Å². The van der Waals surface area contributed by atoms with Crippen molar-refractivity contribution in [1.82, 2.24) is 14.5 Å². The van der Waals surface area contributed by atoms with Gasteiger partial charge in [0.15, 0.2) is 5.16 Å². The van der Waals surface area contributed by atoms with Crippen molar-refractivity contribution in [2.24, 2.45) is 0 Å². The second-order valence-electron chi connectivity index (χ2n) is 7.26. The third-order valence-electron chi connectivity index (χ3n) is 5.04. The maximum absolute atomic E-state index is 12.7. The van der Waals surface area contributed by atoms with Crippen molar-refractivity contribution < 1.29 is 9.59 Å². The molecule has 2 aromatic carbocycles. The van der Waals surface area contributed by atoms with E-state index in [0.717, 1.165) is 48.2 Å². The van der Waals surface area contributed by atoms with Crippen LogP contribution in [-0.2, 0) is 16.1 Å². The van der Waals surface area contributed by atoms with Crippen LogP contribution in [0.2, 0.25) is 0 Å². The first-order chi connectivity index (χ1) is 14.1. The Balaban J connectivity index is 1.48. The molecule has 4 rings (SSSR count). The number of thioether (sulfide) groups is 1. The van der Waals surface area contributed by atoms with Gasteiger partial charge in [0.05, 0.1) is 16.8 Å². The topological polar surface area (TPSA) is 67.2 Å². The van der Waals surface area contributed by atoms with E-state index in [1.54, 1.807) is 0 Å². The van der Waals surface area contributed by atoms with Gasteiger partial charge < -0.3 is 14.8 Å². The molecule has 1 fully saturated rings. The number of carbonyl (C=O) groups excluding carboxylic acids is 2. The van der Waals surface area contributed by atoms with Gasteiger partial charge >= 0.3 is 0 Å². The van der Waals surface area contributed by atoms with Crippen molar-refractivity contribution in [3.05, 3.63) is 54.1 Å². The molecule has 0 radical (unpaired) electrons. The molecule has 0 bridgehead atoms. The largest absolute Gasteiger partial charge is 0.341 e. The third-order valence-corrected chi connectivity index (χ3v) is 6.02. The fourth-order valence-corrected chi connectivity index (χ4v) is 4.30. The summed E-state index contributed by atoms with van der Waals surface area (Å²) in [4.78, 5) is 31.7. The van der Waals surface area contributed by atoms with Crippen LogP contribution >= 0.6 is 11.8 Å². The second kappa shape index (κ2) is 8.69. The number of likely N-dealkylation sites (tertiary alicyclic amines) is 1. The molecule has 0 unspecified atom stereocenters. The molecule has 7 heteroatoms. The zero-order valence-corrected chi connectivity index (χ0v) is 17.2. The molecular weight excluding hydrogens is 384 g/mol. The van der Waals surface area contributed by atoms with E-state index in [1.807, 2.05) is 64.9 Å². The molecule has 6 nitrogen and oxygen atoms in total. The molecule has 0 atom stereocenters. The first-order valence-electron chi connectivity index (χ1n) is 9.82. The summed E-state index contributed by atoms with van der Waals surface area (Å²) in [6.07, 6.45) is 2.13. The maximum atomic E-state index is 12.7. The zero-order chi connectivity index (χ0) is 20.2. The quantitative estimate of drug-likeness (QED) is 0.632. The molecule has 29 heavy (non-hydrogen) atoms. The monoisotopic (exact) mass is 408 g/mol. The van der Waals surface area contributed by atoms with E-state index >= 15 is 0 Å². The zero-order valence-electron chi connectivity index (χ0n) is 16.4. The minimum Gasteiger partial charge on any atom is -0.341 e. The van der Waals surface area contributed by atoms with Crippen molar-refractivity contribution in [3.63, 3.8) is 0 Å². The van der Waals surface area contributed by atoms with Crippen LogP contribution in [0.15, 0.2) is 53.7 Å². The molecule has 1 aliphatic heterocycles. The van der Waals surface area contributed by atoms with Crippen LogP contribution in [0.3, 0.4) is 0 Å². The first kappa shape index (κ1) is 19.5. The molecule has 1 N–H and O–H groups in total. The van der Waals surface area contributed by atoms with Crippen molar-refractivity contribution in [2.45, 2.75) is 31.5 Å². The van der Waals surface area contributed by atoms with Gasteiger partial charge in [-0.15, -0.1) is 0 Å².